The van der Waals surface area contributed by atoms with Crippen molar-refractivity contribution in [3.63, 3.8) is 0 Å². The Balaban J connectivity index is 0.00000225. The third kappa shape index (κ3) is 4.12. The molecule has 1 fully saturated rings. The van der Waals surface area contributed by atoms with E-state index in [4.69, 9.17) is 4.74 Å². The van der Waals surface area contributed by atoms with Crippen molar-refractivity contribution in [2.24, 2.45) is 0 Å². The zero-order valence-corrected chi connectivity index (χ0v) is 16.5. The molecule has 0 radical (unpaired) electrons. The van der Waals surface area contributed by atoms with E-state index in [1.54, 1.807) is 0 Å². The van der Waals surface area contributed by atoms with Gasteiger partial charge in [0.05, 0.1) is 13.6 Å². The maximum absolute atomic E-state index is 6.49. The summed E-state index contributed by atoms with van der Waals surface area (Å²) in [5.41, 5.74) is 2.44. The Morgan fingerprint density at radius 1 is 1.04 bits per heavy atom. The number of benzene rings is 2. The second-order valence-electron chi connectivity index (χ2n) is 6.69. The van der Waals surface area contributed by atoms with E-state index in [0.717, 1.165) is 11.0 Å². The first-order chi connectivity index (χ1) is 11.6. The van der Waals surface area contributed by atoms with Crippen LogP contribution in [0, 0.1) is 0 Å². The number of hydrogen-bond donors (Lipinski definition) is 0. The maximum atomic E-state index is 6.49. The van der Waals surface area contributed by atoms with Gasteiger partial charge in [-0.3, -0.25) is 4.48 Å². The minimum absolute atomic E-state index is 0. The Morgan fingerprint density at radius 3 is 2.24 bits per heavy atom. The lowest BCUT2D eigenvalue weighted by atomic mass is 10.0. The first kappa shape index (κ1) is 19.6. The van der Waals surface area contributed by atoms with Gasteiger partial charge in [0.1, 0.15) is 12.1 Å². The number of rotatable bonds is 5. The SMILES string of the molecule is C=CC[N@@+]1(C)[C@H](/C=C/c2ccccc2)O[C@H](c2ccccc2)[C@@H]1C.[Br-]. The zero-order valence-electron chi connectivity index (χ0n) is 14.9. The van der Waals surface area contributed by atoms with Crippen molar-refractivity contribution >= 4 is 6.08 Å². The molecule has 0 N–H and O–H groups in total. The molecule has 0 spiro atoms. The Labute approximate surface area is 161 Å². The summed E-state index contributed by atoms with van der Waals surface area (Å²) in [5.74, 6) is 0. The summed E-state index contributed by atoms with van der Waals surface area (Å²) in [6.45, 7) is 7.12. The van der Waals surface area contributed by atoms with Crippen molar-refractivity contribution in [3.05, 3.63) is 90.5 Å². The van der Waals surface area contributed by atoms with Crippen molar-refractivity contribution < 1.29 is 26.2 Å². The fourth-order valence-electron chi connectivity index (χ4n) is 3.49. The number of quaternary nitrogens is 1. The molecule has 132 valence electrons. The minimum atomic E-state index is 0. The van der Waals surface area contributed by atoms with E-state index in [1.165, 1.54) is 11.1 Å². The van der Waals surface area contributed by atoms with Crippen LogP contribution in [-0.4, -0.2) is 30.3 Å². The minimum Gasteiger partial charge on any atom is -1.00 e. The Hall–Kier alpha value is -1.68. The molecule has 1 aliphatic heterocycles. The molecule has 2 aromatic rings. The normalized spacial score (nSPS) is 28.6. The molecular formula is C22H26BrNO. The highest BCUT2D eigenvalue weighted by Crippen LogP contribution is 2.40. The topological polar surface area (TPSA) is 9.23 Å². The van der Waals surface area contributed by atoms with Crippen LogP contribution in [0.15, 0.2) is 79.4 Å². The number of ether oxygens (including phenoxy) is 1. The van der Waals surface area contributed by atoms with Crippen molar-refractivity contribution in [2.45, 2.75) is 25.3 Å². The quantitative estimate of drug-likeness (QED) is 0.550. The lowest BCUT2D eigenvalue weighted by Gasteiger charge is -2.36. The third-order valence-electron chi connectivity index (χ3n) is 5.14. The molecule has 3 rings (SSSR count). The van der Waals surface area contributed by atoms with Gasteiger partial charge in [0.25, 0.3) is 0 Å². The van der Waals surface area contributed by atoms with Gasteiger partial charge in [-0.25, -0.2) is 0 Å². The average Bonchev–Trinajstić information content (AvgIpc) is 2.86. The zero-order chi connectivity index (χ0) is 17.0. The summed E-state index contributed by atoms with van der Waals surface area (Å²) >= 11 is 0. The molecule has 2 nitrogen and oxygen atoms in total. The van der Waals surface area contributed by atoms with Gasteiger partial charge < -0.3 is 21.7 Å². The van der Waals surface area contributed by atoms with E-state index >= 15 is 0 Å². The van der Waals surface area contributed by atoms with Crippen LogP contribution in [-0.2, 0) is 4.74 Å². The van der Waals surface area contributed by atoms with E-state index in [0.29, 0.717) is 6.04 Å². The summed E-state index contributed by atoms with van der Waals surface area (Å²) in [6.07, 6.45) is 6.46. The van der Waals surface area contributed by atoms with Crippen LogP contribution in [0.3, 0.4) is 0 Å². The van der Waals surface area contributed by atoms with Crippen LogP contribution in [0.5, 0.6) is 0 Å². The Kier molecular flexibility index (Phi) is 6.77. The molecule has 1 heterocycles. The Bertz CT molecular complexity index is 700. The standard InChI is InChI=1S/C22H26NO.BrH/c1-4-17-23(3)18(2)22(20-13-9-6-10-14-20)24-21(23)16-15-19-11-7-5-8-12-19;/h4-16,18,21-22H,1,17H2,2-3H3;1H/q+1;/p-1/b16-15+;/t18-,21-,22-,23+;/m0./s1. The summed E-state index contributed by atoms with van der Waals surface area (Å²) in [4.78, 5) is 0. The molecule has 0 unspecified atom stereocenters. The van der Waals surface area contributed by atoms with E-state index in [9.17, 15) is 0 Å². The highest BCUT2D eigenvalue weighted by molar-refractivity contribution is 5.49. The lowest BCUT2D eigenvalue weighted by Crippen LogP contribution is -3.00. The molecule has 0 bridgehead atoms. The van der Waals surface area contributed by atoms with Gasteiger partial charge in [0.2, 0.25) is 6.23 Å². The van der Waals surface area contributed by atoms with Crippen LogP contribution >= 0.6 is 0 Å². The van der Waals surface area contributed by atoms with E-state index in [-0.39, 0.29) is 29.3 Å². The Morgan fingerprint density at radius 2 is 1.64 bits per heavy atom. The molecule has 3 heteroatoms. The average molecular weight is 400 g/mol. The highest BCUT2D eigenvalue weighted by atomic mass is 79.9. The number of halogens is 1. The molecule has 0 aliphatic carbocycles. The molecule has 0 aromatic heterocycles. The van der Waals surface area contributed by atoms with Gasteiger partial charge in [-0.05, 0) is 24.1 Å². The molecule has 1 saturated heterocycles. The first-order valence-electron chi connectivity index (χ1n) is 8.54. The van der Waals surface area contributed by atoms with E-state index in [1.807, 2.05) is 18.2 Å². The predicted octanol–water partition coefficient (Wildman–Crippen LogP) is 1.82. The second-order valence-corrected chi connectivity index (χ2v) is 6.69. The lowest BCUT2D eigenvalue weighted by molar-refractivity contribution is -0.940. The van der Waals surface area contributed by atoms with Gasteiger partial charge in [-0.2, -0.15) is 0 Å². The van der Waals surface area contributed by atoms with Gasteiger partial charge in [0.15, 0.2) is 0 Å². The molecule has 0 saturated carbocycles. The van der Waals surface area contributed by atoms with Crippen LogP contribution < -0.4 is 17.0 Å². The maximum Gasteiger partial charge on any atom is 0.214 e. The second kappa shape index (κ2) is 8.61. The molecule has 4 atom stereocenters. The summed E-state index contributed by atoms with van der Waals surface area (Å²) in [7, 11) is 2.26. The van der Waals surface area contributed by atoms with E-state index in [2.05, 4.69) is 81.2 Å². The van der Waals surface area contributed by atoms with Crippen molar-refractivity contribution in [3.8, 4) is 0 Å². The van der Waals surface area contributed by atoms with Crippen LogP contribution in [0.25, 0.3) is 6.08 Å². The van der Waals surface area contributed by atoms with Crippen molar-refractivity contribution in [1.29, 1.82) is 0 Å². The summed E-state index contributed by atoms with van der Waals surface area (Å²) in [6, 6.07) is 21.3. The molecular weight excluding hydrogens is 374 g/mol. The van der Waals surface area contributed by atoms with Gasteiger partial charge in [-0.1, -0.05) is 73.3 Å². The first-order valence-corrected chi connectivity index (χ1v) is 8.54. The monoisotopic (exact) mass is 399 g/mol. The number of nitrogens with zero attached hydrogens (tertiary/aromatic N) is 1. The smallest absolute Gasteiger partial charge is 0.214 e. The van der Waals surface area contributed by atoms with Crippen molar-refractivity contribution in [2.75, 3.05) is 13.6 Å². The van der Waals surface area contributed by atoms with Gasteiger partial charge >= 0.3 is 0 Å². The van der Waals surface area contributed by atoms with Crippen LogP contribution in [0.2, 0.25) is 0 Å². The predicted molar refractivity (Wildman–Crippen MR) is 100 cm³/mol. The molecule has 25 heavy (non-hydrogen) atoms. The van der Waals surface area contributed by atoms with Gasteiger partial charge in [0, 0.05) is 6.08 Å². The number of likely N-dealkylation sites (N-methyl/N-ethyl adjacent to an activating group) is 1. The van der Waals surface area contributed by atoms with Gasteiger partial charge in [-0.15, -0.1) is 0 Å². The largest absolute Gasteiger partial charge is 1.00 e. The van der Waals surface area contributed by atoms with Crippen molar-refractivity contribution in [1.82, 2.24) is 0 Å². The molecule has 2 aromatic carbocycles. The molecule has 0 amide bonds. The third-order valence-corrected chi connectivity index (χ3v) is 5.14. The molecule has 1 aliphatic rings. The fourth-order valence-corrected chi connectivity index (χ4v) is 3.49. The highest BCUT2D eigenvalue weighted by Gasteiger charge is 2.49. The summed E-state index contributed by atoms with van der Waals surface area (Å²) < 4.78 is 7.30. The summed E-state index contributed by atoms with van der Waals surface area (Å²) in [5, 5.41) is 0. The van der Waals surface area contributed by atoms with Crippen LogP contribution in [0.4, 0.5) is 0 Å². The fraction of sp³-hybridized carbons (Fsp3) is 0.273. The van der Waals surface area contributed by atoms with Crippen LogP contribution in [0.1, 0.15) is 24.2 Å². The van der Waals surface area contributed by atoms with E-state index < -0.39 is 0 Å². The number of hydrogen-bond acceptors (Lipinski definition) is 1.